The van der Waals surface area contributed by atoms with Crippen molar-refractivity contribution in [1.29, 1.82) is 0 Å². The maximum Gasteiger partial charge on any atom is 0.270 e. The van der Waals surface area contributed by atoms with Gasteiger partial charge in [-0.15, -0.1) is 36.2 Å². The van der Waals surface area contributed by atoms with Crippen LogP contribution in [0.4, 0.5) is 0 Å². The second kappa shape index (κ2) is 17.6. The van der Waals surface area contributed by atoms with Crippen molar-refractivity contribution in [2.24, 2.45) is 5.73 Å². The van der Waals surface area contributed by atoms with E-state index in [0.29, 0.717) is 55.0 Å². The van der Waals surface area contributed by atoms with Crippen LogP contribution in [-0.2, 0) is 27.2 Å². The number of aromatic nitrogens is 3. The van der Waals surface area contributed by atoms with Crippen LogP contribution < -0.4 is 27.0 Å². The summed E-state index contributed by atoms with van der Waals surface area (Å²) in [6.45, 7) is 2.18. The quantitative estimate of drug-likeness (QED) is 0.225. The SMILES string of the molecule is CC[C@H]1NC(=O)[C@@H](NC(=O)[C@@H](N)Cc2cnc[nH]2)CCCCNC(=O)c2csc(n2)[C@H](Cc2ccccc2)NC1=O.Cl.Cl. The number of benzene rings is 1. The summed E-state index contributed by atoms with van der Waals surface area (Å²) in [5.41, 5.74) is 8.07. The van der Waals surface area contributed by atoms with Gasteiger partial charge in [-0.1, -0.05) is 37.3 Å². The number of rotatable bonds is 7. The number of hydrogen-bond donors (Lipinski definition) is 6. The van der Waals surface area contributed by atoms with Gasteiger partial charge in [-0.3, -0.25) is 19.2 Å². The molecule has 0 radical (unpaired) electrons. The van der Waals surface area contributed by atoms with E-state index in [1.807, 2.05) is 30.3 Å². The summed E-state index contributed by atoms with van der Waals surface area (Å²) >= 11 is 1.30. The second-order valence-electron chi connectivity index (χ2n) is 9.99. The van der Waals surface area contributed by atoms with Crippen molar-refractivity contribution >= 4 is 59.8 Å². The third kappa shape index (κ3) is 10.3. The summed E-state index contributed by atoms with van der Waals surface area (Å²) in [6, 6.07) is 6.50. The molecule has 0 fully saturated rings. The van der Waals surface area contributed by atoms with Crippen molar-refractivity contribution in [3.05, 3.63) is 70.2 Å². The Morgan fingerprint density at radius 3 is 2.53 bits per heavy atom. The Morgan fingerprint density at radius 2 is 1.84 bits per heavy atom. The smallest absolute Gasteiger partial charge is 0.270 e. The van der Waals surface area contributed by atoms with E-state index in [9.17, 15) is 19.2 Å². The van der Waals surface area contributed by atoms with Crippen molar-refractivity contribution in [2.45, 2.75) is 69.6 Å². The zero-order chi connectivity index (χ0) is 29.2. The summed E-state index contributed by atoms with van der Waals surface area (Å²) in [5.74, 6) is -1.64. The molecule has 3 aromatic rings. The van der Waals surface area contributed by atoms with Crippen molar-refractivity contribution in [1.82, 2.24) is 36.2 Å². The lowest BCUT2D eigenvalue weighted by molar-refractivity contribution is -0.132. The van der Waals surface area contributed by atoms with E-state index in [1.165, 1.54) is 17.7 Å². The Morgan fingerprint density at radius 1 is 1.09 bits per heavy atom. The number of aromatic amines is 1. The van der Waals surface area contributed by atoms with Gasteiger partial charge >= 0.3 is 0 Å². The van der Waals surface area contributed by atoms with E-state index >= 15 is 0 Å². The van der Waals surface area contributed by atoms with Crippen molar-refractivity contribution in [3.8, 4) is 0 Å². The number of halogens is 2. The third-order valence-corrected chi connectivity index (χ3v) is 7.82. The number of amides is 4. The number of carbonyl (C=O) groups is 4. The molecule has 4 amide bonds. The van der Waals surface area contributed by atoms with Crippen LogP contribution in [0.25, 0.3) is 0 Å². The minimum Gasteiger partial charge on any atom is -0.351 e. The molecule has 3 heterocycles. The maximum atomic E-state index is 13.4. The molecule has 15 heteroatoms. The zero-order valence-corrected chi connectivity index (χ0v) is 26.2. The Hall–Kier alpha value is -3.52. The lowest BCUT2D eigenvalue weighted by atomic mass is 10.0. The van der Waals surface area contributed by atoms with Crippen LogP contribution in [0.1, 0.15) is 65.4 Å². The molecule has 234 valence electrons. The predicted octanol–water partition coefficient (Wildman–Crippen LogP) is 1.97. The first-order valence-electron chi connectivity index (χ1n) is 13.8. The average molecular weight is 654 g/mol. The first-order chi connectivity index (χ1) is 19.8. The minimum absolute atomic E-state index is 0. The normalized spacial score (nSPS) is 20.3. The number of nitrogens with two attached hydrogens (primary N) is 1. The summed E-state index contributed by atoms with van der Waals surface area (Å²) in [4.78, 5) is 63.8. The van der Waals surface area contributed by atoms with Crippen LogP contribution in [0, 0.1) is 0 Å². The summed E-state index contributed by atoms with van der Waals surface area (Å²) in [7, 11) is 0. The van der Waals surface area contributed by atoms with Gasteiger partial charge in [0.15, 0.2) is 0 Å². The summed E-state index contributed by atoms with van der Waals surface area (Å²) in [5, 5.41) is 13.7. The lowest BCUT2D eigenvalue weighted by Crippen LogP contribution is -2.56. The molecule has 0 saturated heterocycles. The highest BCUT2D eigenvalue weighted by molar-refractivity contribution is 7.09. The lowest BCUT2D eigenvalue weighted by Gasteiger charge is -2.25. The number of imidazole rings is 1. The van der Waals surface area contributed by atoms with E-state index in [0.717, 1.165) is 5.56 Å². The molecule has 4 atom stereocenters. The Kier molecular flexibility index (Phi) is 14.6. The molecule has 4 rings (SSSR count). The molecule has 1 aliphatic rings. The largest absolute Gasteiger partial charge is 0.351 e. The van der Waals surface area contributed by atoms with Gasteiger partial charge in [-0.25, -0.2) is 9.97 Å². The van der Waals surface area contributed by atoms with Crippen LogP contribution in [0.5, 0.6) is 0 Å². The van der Waals surface area contributed by atoms with Gasteiger partial charge in [0.05, 0.1) is 18.4 Å². The number of hydrogen-bond acceptors (Lipinski definition) is 8. The van der Waals surface area contributed by atoms with Gasteiger partial charge < -0.3 is 32.0 Å². The minimum atomic E-state index is -0.903. The fourth-order valence-electron chi connectivity index (χ4n) is 4.54. The average Bonchev–Trinajstić information content (AvgIpc) is 3.67. The van der Waals surface area contributed by atoms with E-state index in [2.05, 4.69) is 36.2 Å². The fraction of sp³-hybridized carbons (Fsp3) is 0.429. The van der Waals surface area contributed by atoms with Gasteiger partial charge in [0.2, 0.25) is 17.7 Å². The molecule has 0 aliphatic carbocycles. The Balaban J connectivity index is 0.00000323. The molecule has 7 N–H and O–H groups in total. The number of carbonyl (C=O) groups excluding carboxylic acids is 4. The van der Waals surface area contributed by atoms with Gasteiger partial charge in [-0.2, -0.15) is 0 Å². The molecule has 0 unspecified atom stereocenters. The predicted molar refractivity (Wildman–Crippen MR) is 168 cm³/mol. The first-order valence-corrected chi connectivity index (χ1v) is 14.6. The van der Waals surface area contributed by atoms with Crippen molar-refractivity contribution in [2.75, 3.05) is 6.54 Å². The molecule has 2 aromatic heterocycles. The van der Waals surface area contributed by atoms with E-state index in [-0.39, 0.29) is 43.0 Å². The van der Waals surface area contributed by atoms with Crippen LogP contribution in [0.3, 0.4) is 0 Å². The number of thiazole rings is 1. The highest BCUT2D eigenvalue weighted by Crippen LogP contribution is 2.23. The van der Waals surface area contributed by atoms with E-state index in [4.69, 9.17) is 5.73 Å². The third-order valence-electron chi connectivity index (χ3n) is 6.86. The van der Waals surface area contributed by atoms with Crippen molar-refractivity contribution in [3.63, 3.8) is 0 Å². The highest BCUT2D eigenvalue weighted by atomic mass is 35.5. The van der Waals surface area contributed by atoms with Gasteiger partial charge in [0.25, 0.3) is 5.91 Å². The van der Waals surface area contributed by atoms with Crippen molar-refractivity contribution < 1.29 is 19.2 Å². The molecular weight excluding hydrogens is 615 g/mol. The van der Waals surface area contributed by atoms with Gasteiger partial charge in [0, 0.05) is 30.2 Å². The summed E-state index contributed by atoms with van der Waals surface area (Å²) in [6.07, 6.45) is 5.53. The van der Waals surface area contributed by atoms with Gasteiger partial charge in [-0.05, 0) is 37.7 Å². The number of H-pyrrole nitrogens is 1. The van der Waals surface area contributed by atoms with Crippen LogP contribution in [-0.4, -0.2) is 63.3 Å². The standard InChI is InChI=1S/C28H36N8O4S.2ClH/c1-2-20-26(39)35-22(12-17-8-4-3-5-9-17)28-36-23(15-41-28)25(38)31-11-7-6-10-21(27(40)33-20)34-24(37)19(29)13-18-14-30-16-32-18;;/h3-5,8-9,14-16,19-22H,2,6-7,10-13,29H2,1H3,(H,30,32)(H,31,38)(H,33,40)(H,34,37)(H,35,39);2*1H/t19-,20+,21-,22-;;/m0../s1. The van der Waals surface area contributed by atoms with Crippen LogP contribution in [0.2, 0.25) is 0 Å². The van der Waals surface area contributed by atoms with Crippen LogP contribution >= 0.6 is 36.2 Å². The molecule has 12 nitrogen and oxygen atoms in total. The molecule has 0 saturated carbocycles. The number of nitrogens with one attached hydrogen (secondary N) is 5. The molecule has 1 aromatic carbocycles. The van der Waals surface area contributed by atoms with Crippen LogP contribution in [0.15, 0.2) is 48.2 Å². The van der Waals surface area contributed by atoms with E-state index < -0.39 is 36.0 Å². The Labute approximate surface area is 266 Å². The molecular formula is C28H38Cl2N8O4S. The Bertz CT molecular complexity index is 1330. The maximum absolute atomic E-state index is 13.4. The first kappa shape index (κ1) is 35.7. The van der Waals surface area contributed by atoms with Gasteiger partial charge in [0.1, 0.15) is 22.8 Å². The zero-order valence-electron chi connectivity index (χ0n) is 23.7. The number of nitrogens with zero attached hydrogens (tertiary/aromatic N) is 2. The fourth-order valence-corrected chi connectivity index (χ4v) is 5.39. The number of fused-ring (bicyclic) bond motifs is 2. The topological polar surface area (TPSA) is 184 Å². The molecule has 1 aliphatic heterocycles. The molecule has 0 spiro atoms. The van der Waals surface area contributed by atoms with E-state index in [1.54, 1.807) is 18.5 Å². The highest BCUT2D eigenvalue weighted by Gasteiger charge is 2.29. The monoisotopic (exact) mass is 652 g/mol. The molecule has 2 bridgehead atoms. The second-order valence-corrected chi connectivity index (χ2v) is 10.9. The summed E-state index contributed by atoms with van der Waals surface area (Å²) < 4.78 is 0. The molecule has 43 heavy (non-hydrogen) atoms.